The molecule has 8 nitrogen and oxygen atoms in total. The molecule has 275 valence electrons. The van der Waals surface area contributed by atoms with Crippen molar-refractivity contribution in [2.24, 2.45) is 0 Å². The summed E-state index contributed by atoms with van der Waals surface area (Å²) in [4.78, 5) is 7.05. The van der Waals surface area contributed by atoms with Gasteiger partial charge in [0.1, 0.15) is 5.82 Å². The maximum absolute atomic E-state index is 12.1. The van der Waals surface area contributed by atoms with Crippen molar-refractivity contribution in [1.29, 1.82) is 0 Å². The van der Waals surface area contributed by atoms with Crippen LogP contribution in [0.3, 0.4) is 0 Å². The number of aryl methyl sites for hydroxylation is 4. The Hall–Kier alpha value is -5.97. The summed E-state index contributed by atoms with van der Waals surface area (Å²) in [7, 11) is 0. The van der Waals surface area contributed by atoms with E-state index in [4.69, 9.17) is 0 Å². The number of nitrogens with zero attached hydrogens (tertiary/aromatic N) is 8. The summed E-state index contributed by atoms with van der Waals surface area (Å²) in [6.07, 6.45) is 11.5. The molecule has 0 amide bonds. The first-order valence-electron chi connectivity index (χ1n) is 16.5. The quantitative estimate of drug-likeness (QED) is 0.133. The smallest absolute Gasteiger partial charge is 0.413 e. The minimum atomic E-state index is -4.57. The number of hydrogen-bond acceptors (Lipinski definition) is 3. The summed E-state index contributed by atoms with van der Waals surface area (Å²) in [6, 6.07) is 40.1. The molecule has 0 unspecified atom stereocenters. The molecule has 4 aromatic heterocycles. The van der Waals surface area contributed by atoms with Crippen molar-refractivity contribution in [3.63, 3.8) is 0 Å². The van der Waals surface area contributed by atoms with Gasteiger partial charge in [0, 0.05) is 51.1 Å². The van der Waals surface area contributed by atoms with Crippen LogP contribution < -0.4 is 14.2 Å². The van der Waals surface area contributed by atoms with Crippen molar-refractivity contribution in [1.82, 2.24) is 29.3 Å². The van der Waals surface area contributed by atoms with Crippen LogP contribution in [0.25, 0.3) is 34.3 Å². The van der Waals surface area contributed by atoms with Gasteiger partial charge in [0.05, 0.1) is 17.1 Å². The van der Waals surface area contributed by atoms with Gasteiger partial charge in [0.25, 0.3) is 12.7 Å². The Labute approximate surface area is 325 Å². The van der Waals surface area contributed by atoms with Gasteiger partial charge in [-0.15, -0.1) is 0 Å². The summed E-state index contributed by atoms with van der Waals surface area (Å²) < 4.78 is 44.3. The molecule has 8 rings (SSSR count). The average Bonchev–Trinajstić information content (AvgIpc) is 3.95. The largest absolute Gasteiger partial charge is 0.429 e. The molecule has 0 aliphatic carbocycles. The fourth-order valence-electron chi connectivity index (χ4n) is 5.11. The van der Waals surface area contributed by atoms with Crippen LogP contribution in [0.5, 0.6) is 0 Å². The standard InChI is InChI=1S/2C17H15N2.C8H4F3N4.Ir/c2*1-14-5-3-7-16(11-14)18-9-10-19(13-18)17-8-4-6-15(2)12-17;9-8(10,11)7-13-6(14-15-7)5-3-1-2-4-12-5;/h2*3-7,9-12H,1-2H3;1-4H;/q3*-1;. The summed E-state index contributed by atoms with van der Waals surface area (Å²) in [6.45, 7) is 8.34. The molecule has 0 aliphatic heterocycles. The summed E-state index contributed by atoms with van der Waals surface area (Å²) in [5.41, 5.74) is 9.44. The number of pyridine rings is 1. The Kier molecular flexibility index (Phi) is 12.9. The summed E-state index contributed by atoms with van der Waals surface area (Å²) >= 11 is 0. The van der Waals surface area contributed by atoms with Crippen LogP contribution in [-0.4, -0.2) is 24.2 Å². The second-order valence-corrected chi connectivity index (χ2v) is 12.1. The number of rotatable bonds is 5. The van der Waals surface area contributed by atoms with Crippen LogP contribution in [-0.2, 0) is 26.3 Å². The van der Waals surface area contributed by atoms with Crippen LogP contribution in [0, 0.1) is 52.5 Å². The molecule has 0 fully saturated rings. The molecule has 0 spiro atoms. The van der Waals surface area contributed by atoms with Gasteiger partial charge in [-0.05, 0) is 67.4 Å². The first-order chi connectivity index (χ1) is 25.5. The monoisotopic (exact) mass is 900 g/mol. The predicted molar refractivity (Wildman–Crippen MR) is 192 cm³/mol. The topological polar surface area (TPSA) is 70.4 Å². The molecular formula is C42H34F3IrN8-3. The summed E-state index contributed by atoms with van der Waals surface area (Å²) in [5, 5.41) is 6.25. The van der Waals surface area contributed by atoms with E-state index in [-0.39, 0.29) is 31.6 Å². The van der Waals surface area contributed by atoms with E-state index in [0.717, 1.165) is 22.7 Å². The average molecular weight is 900 g/mol. The Morgan fingerprint density at radius 1 is 0.648 bits per heavy atom. The van der Waals surface area contributed by atoms with Crippen molar-refractivity contribution in [3.05, 3.63) is 187 Å². The van der Waals surface area contributed by atoms with E-state index in [9.17, 15) is 13.2 Å². The van der Waals surface area contributed by atoms with Crippen LogP contribution in [0.2, 0.25) is 0 Å². The minimum Gasteiger partial charge on any atom is -0.413 e. The molecule has 4 heterocycles. The SMILES string of the molecule is Cc1cc[c-]c(-n2[c-][n+](-c3cccc(C)c3)cc2)c1.Cc1cc[c-]c(-n2[c-][n+](-c3cccc(C)c3)cc2)c1.FC(F)(F)c1n[n-]c(-c2ccccn2)n1.[Ir]. The second-order valence-electron chi connectivity index (χ2n) is 12.1. The zero-order chi connectivity index (χ0) is 37.4. The van der Waals surface area contributed by atoms with Gasteiger partial charge in [-0.1, -0.05) is 55.3 Å². The van der Waals surface area contributed by atoms with Gasteiger partial charge in [-0.25, -0.2) is 0 Å². The van der Waals surface area contributed by atoms with E-state index in [1.165, 1.54) is 34.5 Å². The Morgan fingerprint density at radius 2 is 1.17 bits per heavy atom. The van der Waals surface area contributed by atoms with E-state index >= 15 is 0 Å². The molecule has 8 aromatic rings. The maximum atomic E-state index is 12.1. The molecule has 0 saturated carbocycles. The van der Waals surface area contributed by atoms with Crippen molar-refractivity contribution in [2.75, 3.05) is 0 Å². The zero-order valence-corrected chi connectivity index (χ0v) is 32.1. The normalized spacial score (nSPS) is 10.7. The van der Waals surface area contributed by atoms with E-state index in [1.54, 1.807) is 12.1 Å². The van der Waals surface area contributed by atoms with E-state index < -0.39 is 12.0 Å². The van der Waals surface area contributed by atoms with Gasteiger partial charge >= 0.3 is 6.18 Å². The number of imidazole rings is 2. The molecule has 0 aliphatic rings. The van der Waals surface area contributed by atoms with Gasteiger partial charge in [0.2, 0.25) is 0 Å². The van der Waals surface area contributed by atoms with Crippen molar-refractivity contribution < 1.29 is 42.4 Å². The fraction of sp³-hybridized carbons (Fsp3) is 0.119. The molecule has 4 aromatic carbocycles. The van der Waals surface area contributed by atoms with Gasteiger partial charge < -0.3 is 19.2 Å². The Bertz CT molecular complexity index is 2170. The first kappa shape index (κ1) is 39.2. The van der Waals surface area contributed by atoms with Gasteiger partial charge in [-0.2, -0.15) is 72.8 Å². The second kappa shape index (κ2) is 17.7. The number of hydrogen-bond donors (Lipinski definition) is 0. The molecule has 1 radical (unpaired) electrons. The third-order valence-corrected chi connectivity index (χ3v) is 7.72. The fourth-order valence-corrected chi connectivity index (χ4v) is 5.11. The molecule has 0 atom stereocenters. The predicted octanol–water partition coefficient (Wildman–Crippen LogP) is 7.45. The third kappa shape index (κ3) is 10.3. The number of alkyl halides is 3. The zero-order valence-electron chi connectivity index (χ0n) is 29.7. The number of aromatic nitrogens is 8. The molecule has 0 saturated heterocycles. The molecule has 12 heteroatoms. The van der Waals surface area contributed by atoms with Crippen molar-refractivity contribution >= 4 is 0 Å². The maximum Gasteiger partial charge on any atom is 0.429 e. The molecule has 0 bridgehead atoms. The molecule has 54 heavy (non-hydrogen) atoms. The van der Waals surface area contributed by atoms with Crippen LogP contribution in [0.4, 0.5) is 13.2 Å². The Morgan fingerprint density at radius 3 is 1.59 bits per heavy atom. The van der Waals surface area contributed by atoms with E-state index in [0.29, 0.717) is 0 Å². The van der Waals surface area contributed by atoms with Crippen molar-refractivity contribution in [2.45, 2.75) is 33.9 Å². The van der Waals surface area contributed by atoms with Gasteiger partial charge in [-0.3, -0.25) is 19.2 Å². The van der Waals surface area contributed by atoms with Crippen molar-refractivity contribution in [3.8, 4) is 34.3 Å². The van der Waals surface area contributed by atoms with Crippen LogP contribution >= 0.6 is 0 Å². The minimum absolute atomic E-state index is 0. The number of benzene rings is 4. The van der Waals surface area contributed by atoms with E-state index in [1.807, 2.05) is 67.3 Å². The third-order valence-electron chi connectivity index (χ3n) is 7.72. The molecular weight excluding hydrogens is 866 g/mol. The first-order valence-corrected chi connectivity index (χ1v) is 16.5. The summed E-state index contributed by atoms with van der Waals surface area (Å²) in [5.74, 6) is -1.37. The van der Waals surface area contributed by atoms with Gasteiger partial charge in [0.15, 0.2) is 0 Å². The van der Waals surface area contributed by atoms with Crippen LogP contribution in [0.15, 0.2) is 134 Å². The van der Waals surface area contributed by atoms with Crippen LogP contribution in [0.1, 0.15) is 28.1 Å². The Balaban J connectivity index is 0.000000156. The molecule has 0 N–H and O–H groups in total. The van der Waals surface area contributed by atoms with E-state index in [2.05, 4.69) is 133 Å². The number of halogens is 3.